The van der Waals surface area contributed by atoms with Gasteiger partial charge in [0.05, 0.1) is 12.5 Å². The number of carbonyl (C=O) groups is 1. The van der Waals surface area contributed by atoms with E-state index in [9.17, 15) is 4.79 Å². The largest absolute Gasteiger partial charge is 0.383 e. The minimum absolute atomic E-state index is 0.150. The van der Waals surface area contributed by atoms with E-state index < -0.39 is 0 Å². The quantitative estimate of drug-likeness (QED) is 0.724. The molecule has 0 bridgehead atoms. The van der Waals surface area contributed by atoms with Crippen LogP contribution in [0.2, 0.25) is 0 Å². The molecule has 1 aliphatic heterocycles. The van der Waals surface area contributed by atoms with E-state index in [4.69, 9.17) is 4.74 Å². The number of methoxy groups -OCH3 is 1. The molecule has 0 aromatic heterocycles. The Morgan fingerprint density at radius 3 is 2.57 bits per heavy atom. The smallest absolute Gasteiger partial charge is 0.224 e. The minimum atomic E-state index is 0.150. The maximum atomic E-state index is 12.6. The van der Waals surface area contributed by atoms with Crippen LogP contribution in [0.5, 0.6) is 0 Å². The standard InChI is InChI=1S/C18H35N3O2/c1-20(2)18(9-6-4-5-7-10-18)15-19-17(22)16-8-11-21(14-16)12-13-23-3/h16H,4-15H2,1-3H3,(H,19,22)/t16-/m0/s1. The highest BCUT2D eigenvalue weighted by molar-refractivity contribution is 5.79. The van der Waals surface area contributed by atoms with Gasteiger partial charge >= 0.3 is 0 Å². The Morgan fingerprint density at radius 1 is 1.26 bits per heavy atom. The molecule has 0 spiro atoms. The van der Waals surface area contributed by atoms with Gasteiger partial charge < -0.3 is 19.9 Å². The van der Waals surface area contributed by atoms with Crippen molar-refractivity contribution in [2.75, 3.05) is 54.0 Å². The van der Waals surface area contributed by atoms with Gasteiger partial charge in [-0.3, -0.25) is 4.79 Å². The molecule has 1 N–H and O–H groups in total. The number of ether oxygens (including phenoxy) is 1. The maximum absolute atomic E-state index is 12.6. The predicted octanol–water partition coefficient (Wildman–Crippen LogP) is 1.73. The fourth-order valence-corrected chi connectivity index (χ4v) is 4.03. The molecule has 2 rings (SSSR count). The number of nitrogens with zero attached hydrogens (tertiary/aromatic N) is 2. The first kappa shape index (κ1) is 18.7. The van der Waals surface area contributed by atoms with Gasteiger partial charge in [-0.1, -0.05) is 25.7 Å². The normalized spacial score (nSPS) is 25.5. The summed E-state index contributed by atoms with van der Waals surface area (Å²) in [6.07, 6.45) is 8.60. The van der Waals surface area contributed by atoms with E-state index >= 15 is 0 Å². The average Bonchev–Trinajstić information content (AvgIpc) is 2.88. The third kappa shape index (κ3) is 5.16. The third-order valence-electron chi connectivity index (χ3n) is 5.83. The van der Waals surface area contributed by atoms with Crippen molar-refractivity contribution in [2.24, 2.45) is 5.92 Å². The maximum Gasteiger partial charge on any atom is 0.224 e. The molecule has 1 amide bonds. The SMILES string of the molecule is COCCN1CC[C@H](C(=O)NCC2(N(C)C)CCCCCC2)C1. The predicted molar refractivity (Wildman–Crippen MR) is 93.6 cm³/mol. The molecular formula is C18H35N3O2. The van der Waals surface area contributed by atoms with Crippen LogP contribution >= 0.6 is 0 Å². The Bertz CT molecular complexity index is 365. The highest BCUT2D eigenvalue weighted by Gasteiger charge is 2.35. The van der Waals surface area contributed by atoms with Crippen molar-refractivity contribution in [1.29, 1.82) is 0 Å². The van der Waals surface area contributed by atoms with Crippen LogP contribution in [0.25, 0.3) is 0 Å². The first-order chi connectivity index (χ1) is 11.1. The summed E-state index contributed by atoms with van der Waals surface area (Å²) in [4.78, 5) is 17.3. The summed E-state index contributed by atoms with van der Waals surface area (Å²) in [5.41, 5.74) is 0.153. The van der Waals surface area contributed by atoms with Crippen molar-refractivity contribution in [3.8, 4) is 0 Å². The van der Waals surface area contributed by atoms with E-state index in [1.54, 1.807) is 7.11 Å². The highest BCUT2D eigenvalue weighted by Crippen LogP contribution is 2.30. The molecule has 5 heteroatoms. The lowest BCUT2D eigenvalue weighted by Gasteiger charge is -2.40. The average molecular weight is 325 g/mol. The van der Waals surface area contributed by atoms with Crippen molar-refractivity contribution in [1.82, 2.24) is 15.1 Å². The van der Waals surface area contributed by atoms with Crippen LogP contribution in [-0.2, 0) is 9.53 Å². The molecule has 0 aromatic rings. The monoisotopic (exact) mass is 325 g/mol. The van der Waals surface area contributed by atoms with Gasteiger partial charge in [-0.2, -0.15) is 0 Å². The summed E-state index contributed by atoms with van der Waals surface area (Å²) in [5.74, 6) is 0.396. The molecule has 0 aromatic carbocycles. The molecular weight excluding hydrogens is 290 g/mol. The zero-order valence-electron chi connectivity index (χ0n) is 15.3. The van der Waals surface area contributed by atoms with Gasteiger partial charge in [-0.05, 0) is 39.9 Å². The second kappa shape index (κ2) is 9.00. The lowest BCUT2D eigenvalue weighted by Crippen LogP contribution is -2.53. The summed E-state index contributed by atoms with van der Waals surface area (Å²) < 4.78 is 5.13. The van der Waals surface area contributed by atoms with Gasteiger partial charge in [0, 0.05) is 32.3 Å². The van der Waals surface area contributed by atoms with Gasteiger partial charge in [0.25, 0.3) is 0 Å². The number of nitrogens with one attached hydrogen (secondary N) is 1. The lowest BCUT2D eigenvalue weighted by molar-refractivity contribution is -0.125. The number of hydrogen-bond donors (Lipinski definition) is 1. The summed E-state index contributed by atoms with van der Waals surface area (Å²) in [7, 11) is 6.06. The molecule has 1 aliphatic carbocycles. The van der Waals surface area contributed by atoms with Crippen molar-refractivity contribution in [3.63, 3.8) is 0 Å². The number of rotatable bonds is 7. The zero-order valence-corrected chi connectivity index (χ0v) is 15.3. The molecule has 1 saturated heterocycles. The van der Waals surface area contributed by atoms with Gasteiger partial charge in [-0.25, -0.2) is 0 Å². The molecule has 0 radical (unpaired) electrons. The van der Waals surface area contributed by atoms with Crippen LogP contribution in [0.3, 0.4) is 0 Å². The Morgan fingerprint density at radius 2 is 1.96 bits per heavy atom. The van der Waals surface area contributed by atoms with Gasteiger partial charge in [0.1, 0.15) is 0 Å². The second-order valence-corrected chi connectivity index (χ2v) is 7.53. The fraction of sp³-hybridized carbons (Fsp3) is 0.944. The second-order valence-electron chi connectivity index (χ2n) is 7.53. The first-order valence-electron chi connectivity index (χ1n) is 9.24. The van der Waals surface area contributed by atoms with E-state index in [0.717, 1.165) is 39.2 Å². The molecule has 1 atom stereocenters. The molecule has 5 nitrogen and oxygen atoms in total. The van der Waals surface area contributed by atoms with Crippen LogP contribution in [-0.4, -0.2) is 75.2 Å². The Labute approximate surface area is 141 Å². The summed E-state index contributed by atoms with van der Waals surface area (Å²) in [5, 5.41) is 3.28. The zero-order chi connectivity index (χ0) is 16.7. The van der Waals surface area contributed by atoms with Crippen molar-refractivity contribution in [3.05, 3.63) is 0 Å². The molecule has 134 valence electrons. The molecule has 1 heterocycles. The van der Waals surface area contributed by atoms with Crippen LogP contribution in [0, 0.1) is 5.92 Å². The van der Waals surface area contributed by atoms with E-state index in [-0.39, 0.29) is 17.4 Å². The Balaban J connectivity index is 1.82. The van der Waals surface area contributed by atoms with E-state index in [0.29, 0.717) is 0 Å². The van der Waals surface area contributed by atoms with Crippen LogP contribution in [0.1, 0.15) is 44.9 Å². The van der Waals surface area contributed by atoms with Crippen LogP contribution < -0.4 is 5.32 Å². The van der Waals surface area contributed by atoms with E-state index in [1.165, 1.54) is 38.5 Å². The van der Waals surface area contributed by atoms with Crippen LogP contribution in [0.15, 0.2) is 0 Å². The number of hydrogen-bond acceptors (Lipinski definition) is 4. The Hall–Kier alpha value is -0.650. The van der Waals surface area contributed by atoms with Gasteiger partial charge in [0.2, 0.25) is 5.91 Å². The number of likely N-dealkylation sites (N-methyl/N-ethyl adjacent to an activating group) is 1. The summed E-state index contributed by atoms with van der Waals surface area (Å²) >= 11 is 0. The lowest BCUT2D eigenvalue weighted by atomic mass is 9.88. The summed E-state index contributed by atoms with van der Waals surface area (Å²) in [6.45, 7) is 4.37. The molecule has 23 heavy (non-hydrogen) atoms. The van der Waals surface area contributed by atoms with Crippen molar-refractivity contribution in [2.45, 2.75) is 50.5 Å². The fourth-order valence-electron chi connectivity index (χ4n) is 4.03. The van der Waals surface area contributed by atoms with Crippen molar-refractivity contribution < 1.29 is 9.53 Å². The molecule has 1 saturated carbocycles. The molecule has 2 aliphatic rings. The number of carbonyl (C=O) groups excluding carboxylic acids is 1. The van der Waals surface area contributed by atoms with Crippen LogP contribution in [0.4, 0.5) is 0 Å². The highest BCUT2D eigenvalue weighted by atomic mass is 16.5. The summed E-state index contributed by atoms with van der Waals surface area (Å²) in [6, 6.07) is 0. The number of likely N-dealkylation sites (tertiary alicyclic amines) is 1. The van der Waals surface area contributed by atoms with E-state index in [1.807, 2.05) is 0 Å². The topological polar surface area (TPSA) is 44.8 Å². The molecule has 0 unspecified atom stereocenters. The number of amides is 1. The first-order valence-corrected chi connectivity index (χ1v) is 9.24. The van der Waals surface area contributed by atoms with Gasteiger partial charge in [0.15, 0.2) is 0 Å². The van der Waals surface area contributed by atoms with E-state index in [2.05, 4.69) is 29.2 Å². The van der Waals surface area contributed by atoms with Gasteiger partial charge in [-0.15, -0.1) is 0 Å². The van der Waals surface area contributed by atoms with Crippen molar-refractivity contribution >= 4 is 5.91 Å². The Kier molecular flexibility index (Phi) is 7.31. The molecule has 2 fully saturated rings. The third-order valence-corrected chi connectivity index (χ3v) is 5.83. The minimum Gasteiger partial charge on any atom is -0.383 e.